The number of nitro benzene ring substituents is 2. The molecule has 0 atom stereocenters. The summed E-state index contributed by atoms with van der Waals surface area (Å²) >= 11 is 0. The lowest BCUT2D eigenvalue weighted by molar-refractivity contribution is -0.421. The second kappa shape index (κ2) is 7.95. The molecule has 0 bridgehead atoms. The molecule has 0 saturated carbocycles. The Morgan fingerprint density at radius 1 is 0.733 bits per heavy atom. The second-order valence-electron chi connectivity index (χ2n) is 6.80. The number of aryl methyl sites for hydroxylation is 2. The lowest BCUT2D eigenvalue weighted by Gasteiger charge is -2.14. The molecule has 0 saturated heterocycles. The van der Waals surface area contributed by atoms with E-state index in [9.17, 15) is 20.2 Å². The minimum atomic E-state index is -0.778. The molecule has 0 amide bonds. The van der Waals surface area contributed by atoms with Crippen molar-refractivity contribution in [3.8, 4) is 0 Å². The highest BCUT2D eigenvalue weighted by Crippen LogP contribution is 2.40. The third kappa shape index (κ3) is 4.22. The van der Waals surface area contributed by atoms with E-state index in [2.05, 4.69) is 10.6 Å². The molecule has 3 aromatic carbocycles. The van der Waals surface area contributed by atoms with E-state index < -0.39 is 21.2 Å². The molecule has 0 aliphatic heterocycles. The van der Waals surface area contributed by atoms with E-state index in [1.807, 2.05) is 6.92 Å². The molecule has 6 N–H and O–H groups in total. The van der Waals surface area contributed by atoms with Crippen LogP contribution in [-0.2, 0) is 0 Å². The van der Waals surface area contributed by atoms with Gasteiger partial charge in [0.05, 0.1) is 9.85 Å². The van der Waals surface area contributed by atoms with Crippen LogP contribution in [0.3, 0.4) is 0 Å². The van der Waals surface area contributed by atoms with Crippen molar-refractivity contribution < 1.29 is 9.85 Å². The highest BCUT2D eigenvalue weighted by atomic mass is 16.6. The molecule has 0 unspecified atom stereocenters. The lowest BCUT2D eigenvalue weighted by atomic mass is 10.1. The van der Waals surface area contributed by atoms with Crippen LogP contribution in [0.5, 0.6) is 0 Å². The van der Waals surface area contributed by atoms with Crippen molar-refractivity contribution in [1.29, 1.82) is 0 Å². The van der Waals surface area contributed by atoms with Gasteiger partial charge < -0.3 is 22.1 Å². The van der Waals surface area contributed by atoms with Crippen LogP contribution in [0.4, 0.5) is 45.5 Å². The average Bonchev–Trinajstić information content (AvgIpc) is 2.65. The van der Waals surface area contributed by atoms with E-state index in [1.54, 1.807) is 43.3 Å². The largest absolute Gasteiger partial charge is 0.399 e. The molecular weight excluding hydrogens is 388 g/mol. The van der Waals surface area contributed by atoms with Gasteiger partial charge in [0, 0.05) is 34.5 Å². The van der Waals surface area contributed by atoms with E-state index in [0.717, 1.165) is 17.2 Å². The zero-order valence-electron chi connectivity index (χ0n) is 16.3. The van der Waals surface area contributed by atoms with Crippen LogP contribution in [0.15, 0.2) is 48.5 Å². The molecule has 3 aromatic rings. The fraction of sp³-hybridized carbons (Fsp3) is 0.100. The zero-order chi connectivity index (χ0) is 22.0. The summed E-state index contributed by atoms with van der Waals surface area (Å²) in [7, 11) is 0. The predicted molar refractivity (Wildman–Crippen MR) is 117 cm³/mol. The standard InChI is InChI=1S/C20H20N6O4/c1-11-7-13(21)3-5-16(11)23-15-9-18(20(26(29)30)19(10-15)25(27)28)24-17-6-4-14(22)8-12(17)2/h3-10,23-24H,21-22H2,1-2H3. The minimum Gasteiger partial charge on any atom is -0.399 e. The second-order valence-corrected chi connectivity index (χ2v) is 6.80. The molecule has 10 heteroatoms. The van der Waals surface area contributed by atoms with Gasteiger partial charge in [0.25, 0.3) is 0 Å². The fourth-order valence-electron chi connectivity index (χ4n) is 3.07. The van der Waals surface area contributed by atoms with Crippen LogP contribution in [0.25, 0.3) is 0 Å². The van der Waals surface area contributed by atoms with E-state index in [4.69, 9.17) is 11.5 Å². The van der Waals surface area contributed by atoms with Crippen LogP contribution < -0.4 is 22.1 Å². The number of hydrogen-bond donors (Lipinski definition) is 4. The molecule has 0 radical (unpaired) electrons. The molecule has 0 fully saturated rings. The van der Waals surface area contributed by atoms with E-state index in [0.29, 0.717) is 28.4 Å². The van der Waals surface area contributed by atoms with Crippen molar-refractivity contribution in [1.82, 2.24) is 0 Å². The van der Waals surface area contributed by atoms with E-state index >= 15 is 0 Å². The molecule has 0 aliphatic carbocycles. The molecule has 0 heterocycles. The number of benzene rings is 3. The summed E-state index contributed by atoms with van der Waals surface area (Å²) in [4.78, 5) is 21.7. The number of nitrogen functional groups attached to an aromatic ring is 2. The molecule has 0 spiro atoms. The van der Waals surface area contributed by atoms with Gasteiger partial charge in [-0.3, -0.25) is 20.2 Å². The number of hydrogen-bond acceptors (Lipinski definition) is 8. The van der Waals surface area contributed by atoms with Crippen molar-refractivity contribution in [2.45, 2.75) is 13.8 Å². The van der Waals surface area contributed by atoms with Gasteiger partial charge in [-0.25, -0.2) is 0 Å². The fourth-order valence-corrected chi connectivity index (χ4v) is 3.07. The Morgan fingerprint density at radius 3 is 1.73 bits per heavy atom. The lowest BCUT2D eigenvalue weighted by Crippen LogP contribution is -2.04. The molecule has 0 aliphatic rings. The molecule has 154 valence electrons. The first kappa shape index (κ1) is 20.4. The highest BCUT2D eigenvalue weighted by molar-refractivity contribution is 5.83. The van der Waals surface area contributed by atoms with Crippen LogP contribution >= 0.6 is 0 Å². The van der Waals surface area contributed by atoms with Crippen LogP contribution in [-0.4, -0.2) is 9.85 Å². The van der Waals surface area contributed by atoms with Crippen molar-refractivity contribution in [3.05, 3.63) is 79.9 Å². The van der Waals surface area contributed by atoms with Gasteiger partial charge in [0.1, 0.15) is 5.69 Å². The Balaban J connectivity index is 2.13. The van der Waals surface area contributed by atoms with Gasteiger partial charge in [-0.05, 0) is 67.4 Å². The Hall–Kier alpha value is -4.34. The zero-order valence-corrected chi connectivity index (χ0v) is 16.3. The summed E-state index contributed by atoms with van der Waals surface area (Å²) in [6.45, 7) is 3.61. The minimum absolute atomic E-state index is 0.0160. The number of anilines is 6. The molecular formula is C20H20N6O4. The topological polar surface area (TPSA) is 162 Å². The monoisotopic (exact) mass is 408 g/mol. The maximum absolute atomic E-state index is 11.6. The van der Waals surface area contributed by atoms with Gasteiger partial charge in [-0.1, -0.05) is 0 Å². The summed E-state index contributed by atoms with van der Waals surface area (Å²) in [5.41, 5.74) is 14.4. The summed E-state index contributed by atoms with van der Waals surface area (Å²) in [6.07, 6.45) is 0. The van der Waals surface area contributed by atoms with Crippen molar-refractivity contribution in [2.24, 2.45) is 0 Å². The van der Waals surface area contributed by atoms with Gasteiger partial charge in [0.15, 0.2) is 0 Å². The smallest absolute Gasteiger partial charge is 0.369 e. The number of nitrogens with zero attached hydrogens (tertiary/aromatic N) is 2. The summed E-state index contributed by atoms with van der Waals surface area (Å²) in [5.74, 6) is 0. The molecule has 30 heavy (non-hydrogen) atoms. The third-order valence-electron chi connectivity index (χ3n) is 4.52. The first-order valence-corrected chi connectivity index (χ1v) is 8.89. The molecule has 10 nitrogen and oxygen atoms in total. The summed E-state index contributed by atoms with van der Waals surface area (Å²) < 4.78 is 0. The summed E-state index contributed by atoms with van der Waals surface area (Å²) in [6, 6.07) is 12.7. The van der Waals surface area contributed by atoms with Gasteiger partial charge >= 0.3 is 11.4 Å². The SMILES string of the molecule is Cc1cc(N)ccc1Nc1cc(Nc2ccc(N)cc2C)c([N+](=O)[O-])c([N+](=O)[O-])c1. The predicted octanol–water partition coefficient (Wildman–Crippen LogP) is 4.77. The average molecular weight is 408 g/mol. The maximum atomic E-state index is 11.6. The van der Waals surface area contributed by atoms with E-state index in [1.165, 1.54) is 6.07 Å². The Kier molecular flexibility index (Phi) is 5.41. The third-order valence-corrected chi connectivity index (χ3v) is 4.52. The Bertz CT molecular complexity index is 1160. The summed E-state index contributed by atoms with van der Waals surface area (Å²) in [5, 5.41) is 29.2. The van der Waals surface area contributed by atoms with Crippen LogP contribution in [0.1, 0.15) is 11.1 Å². The molecule has 0 aromatic heterocycles. The van der Waals surface area contributed by atoms with Gasteiger partial charge in [-0.15, -0.1) is 0 Å². The van der Waals surface area contributed by atoms with Crippen LogP contribution in [0.2, 0.25) is 0 Å². The van der Waals surface area contributed by atoms with Crippen molar-refractivity contribution in [3.63, 3.8) is 0 Å². The number of nitrogens with one attached hydrogen (secondary N) is 2. The van der Waals surface area contributed by atoms with Gasteiger partial charge in [0.2, 0.25) is 0 Å². The van der Waals surface area contributed by atoms with Crippen LogP contribution in [0, 0.1) is 34.1 Å². The number of nitro groups is 2. The number of nitrogens with two attached hydrogens (primary N) is 2. The first-order valence-electron chi connectivity index (χ1n) is 8.89. The Morgan fingerprint density at radius 2 is 1.27 bits per heavy atom. The quantitative estimate of drug-likeness (QED) is 0.257. The van der Waals surface area contributed by atoms with Crippen molar-refractivity contribution >= 4 is 45.5 Å². The maximum Gasteiger partial charge on any atom is 0.369 e. The first-order chi connectivity index (χ1) is 14.2. The highest BCUT2D eigenvalue weighted by Gasteiger charge is 2.30. The normalized spacial score (nSPS) is 10.5. The Labute approximate surface area is 171 Å². The van der Waals surface area contributed by atoms with Gasteiger partial charge in [-0.2, -0.15) is 0 Å². The molecule has 3 rings (SSSR count). The number of rotatable bonds is 6. The van der Waals surface area contributed by atoms with E-state index in [-0.39, 0.29) is 5.69 Å². The van der Waals surface area contributed by atoms with Crippen molar-refractivity contribution in [2.75, 3.05) is 22.1 Å².